The van der Waals surface area contributed by atoms with Crippen molar-refractivity contribution in [3.05, 3.63) is 52.7 Å². The molecule has 3 nitrogen and oxygen atoms in total. The molecule has 0 aliphatic carbocycles. The maximum absolute atomic E-state index is 11.9. The molecule has 20 heavy (non-hydrogen) atoms. The fraction of sp³-hybridized carbons (Fsp3) is 0.200. The van der Waals surface area contributed by atoms with Gasteiger partial charge in [0, 0.05) is 6.20 Å². The first-order valence-corrected chi connectivity index (χ1v) is 7.52. The lowest BCUT2D eigenvalue weighted by atomic mass is 10.2. The lowest BCUT2D eigenvalue weighted by molar-refractivity contribution is -0.113. The molecule has 1 amide bonds. The Bertz CT molecular complexity index is 614. The maximum Gasteiger partial charge on any atom is 0.234 e. The van der Waals surface area contributed by atoms with Gasteiger partial charge in [0.05, 0.1) is 21.5 Å². The van der Waals surface area contributed by atoms with Gasteiger partial charge in [-0.1, -0.05) is 35.5 Å². The number of carbonyl (C=O) groups is 1. The minimum atomic E-state index is -0.0943. The van der Waals surface area contributed by atoms with Gasteiger partial charge in [0.2, 0.25) is 5.91 Å². The number of hydrogen-bond acceptors (Lipinski definition) is 3. The smallest absolute Gasteiger partial charge is 0.234 e. The van der Waals surface area contributed by atoms with Crippen LogP contribution in [0.25, 0.3) is 0 Å². The van der Waals surface area contributed by atoms with Gasteiger partial charge in [-0.2, -0.15) is 0 Å². The normalized spacial score (nSPS) is 10.3. The van der Waals surface area contributed by atoms with Crippen LogP contribution in [0.2, 0.25) is 5.02 Å². The highest BCUT2D eigenvalue weighted by Crippen LogP contribution is 2.23. The Morgan fingerprint density at radius 2 is 2.00 bits per heavy atom. The van der Waals surface area contributed by atoms with Crippen molar-refractivity contribution in [2.45, 2.75) is 18.9 Å². The second-order valence-corrected chi connectivity index (χ2v) is 5.90. The number of anilines is 1. The number of benzene rings is 1. The van der Waals surface area contributed by atoms with Crippen LogP contribution in [0.1, 0.15) is 11.1 Å². The lowest BCUT2D eigenvalue weighted by Crippen LogP contribution is -2.14. The van der Waals surface area contributed by atoms with Crippen LogP contribution in [-0.2, 0) is 4.79 Å². The van der Waals surface area contributed by atoms with Crippen LogP contribution in [0.5, 0.6) is 0 Å². The third kappa shape index (κ3) is 4.25. The maximum atomic E-state index is 11.9. The molecule has 0 spiro atoms. The Kier molecular flexibility index (Phi) is 5.04. The molecule has 1 heterocycles. The summed E-state index contributed by atoms with van der Waals surface area (Å²) in [6.07, 6.45) is 1.79. The van der Waals surface area contributed by atoms with Crippen LogP contribution in [0, 0.1) is 13.8 Å². The highest BCUT2D eigenvalue weighted by Gasteiger charge is 2.07. The topological polar surface area (TPSA) is 42.0 Å². The molecule has 1 aromatic carbocycles. The molecule has 5 heteroatoms. The van der Waals surface area contributed by atoms with Crippen LogP contribution in [0.15, 0.2) is 41.6 Å². The highest BCUT2D eigenvalue weighted by molar-refractivity contribution is 7.99. The molecule has 0 fully saturated rings. The Balaban J connectivity index is 1.90. The zero-order valence-electron chi connectivity index (χ0n) is 11.3. The van der Waals surface area contributed by atoms with Gasteiger partial charge in [0.1, 0.15) is 0 Å². The molecule has 1 aromatic heterocycles. The van der Waals surface area contributed by atoms with Crippen LogP contribution in [0.3, 0.4) is 0 Å². The van der Waals surface area contributed by atoms with Crippen molar-refractivity contribution in [3.63, 3.8) is 0 Å². The van der Waals surface area contributed by atoms with E-state index in [1.165, 1.54) is 11.8 Å². The van der Waals surface area contributed by atoms with E-state index in [1.807, 2.05) is 44.2 Å². The van der Waals surface area contributed by atoms with E-state index in [0.29, 0.717) is 16.5 Å². The summed E-state index contributed by atoms with van der Waals surface area (Å²) in [5.74, 6) is 0.211. The van der Waals surface area contributed by atoms with Gasteiger partial charge in [0.25, 0.3) is 0 Å². The Hall–Kier alpha value is -1.52. The van der Waals surface area contributed by atoms with Gasteiger partial charge in [0.15, 0.2) is 0 Å². The zero-order chi connectivity index (χ0) is 14.5. The first-order chi connectivity index (χ1) is 9.54. The molecule has 0 aliphatic rings. The lowest BCUT2D eigenvalue weighted by Gasteiger charge is -2.07. The van der Waals surface area contributed by atoms with Crippen molar-refractivity contribution < 1.29 is 4.79 Å². The minimum absolute atomic E-state index is 0.0943. The van der Waals surface area contributed by atoms with Gasteiger partial charge in [-0.15, -0.1) is 0 Å². The Morgan fingerprint density at radius 3 is 2.65 bits per heavy atom. The number of aromatic nitrogens is 1. The number of halogens is 1. The third-order valence-electron chi connectivity index (χ3n) is 2.63. The summed E-state index contributed by atoms with van der Waals surface area (Å²) in [7, 11) is 0. The first-order valence-electron chi connectivity index (χ1n) is 6.16. The number of pyridine rings is 1. The number of hydrogen-bond donors (Lipinski definition) is 1. The Morgan fingerprint density at radius 1 is 1.25 bits per heavy atom. The summed E-state index contributed by atoms with van der Waals surface area (Å²) >= 11 is 7.47. The van der Waals surface area contributed by atoms with E-state index < -0.39 is 0 Å². The summed E-state index contributed by atoms with van der Waals surface area (Å²) in [5, 5.41) is 4.19. The highest BCUT2D eigenvalue weighted by atomic mass is 35.5. The standard InChI is InChI=1S/C15H15ClN2OS/c1-10-3-5-13(12(16)7-10)18-14(19)9-20-15-6-4-11(2)8-17-15/h3-8H,9H2,1-2H3,(H,18,19). The first kappa shape index (κ1) is 14.9. The molecule has 0 atom stereocenters. The van der Waals surface area contributed by atoms with Crippen molar-refractivity contribution in [1.29, 1.82) is 0 Å². The summed E-state index contributed by atoms with van der Waals surface area (Å²) in [6.45, 7) is 3.93. The van der Waals surface area contributed by atoms with Crippen molar-refractivity contribution >= 4 is 35.0 Å². The van der Waals surface area contributed by atoms with E-state index in [2.05, 4.69) is 10.3 Å². The average Bonchev–Trinajstić information content (AvgIpc) is 2.41. The number of nitrogens with zero attached hydrogens (tertiary/aromatic N) is 1. The van der Waals surface area contributed by atoms with E-state index in [0.717, 1.165) is 16.2 Å². The minimum Gasteiger partial charge on any atom is -0.324 e. The zero-order valence-corrected chi connectivity index (χ0v) is 12.9. The predicted octanol–water partition coefficient (Wildman–Crippen LogP) is 4.08. The Labute approximate surface area is 127 Å². The third-order valence-corrected chi connectivity index (χ3v) is 3.89. The molecule has 2 aromatic rings. The predicted molar refractivity (Wildman–Crippen MR) is 84.5 cm³/mol. The summed E-state index contributed by atoms with van der Waals surface area (Å²) < 4.78 is 0. The fourth-order valence-corrected chi connectivity index (χ4v) is 2.51. The number of rotatable bonds is 4. The molecular formula is C15H15ClN2OS. The summed E-state index contributed by atoms with van der Waals surface area (Å²) in [5.41, 5.74) is 2.80. The van der Waals surface area contributed by atoms with E-state index >= 15 is 0 Å². The number of carbonyl (C=O) groups excluding carboxylic acids is 1. The van der Waals surface area contributed by atoms with Crippen molar-refractivity contribution in [2.24, 2.45) is 0 Å². The van der Waals surface area contributed by atoms with Crippen LogP contribution >= 0.6 is 23.4 Å². The van der Waals surface area contributed by atoms with Gasteiger partial charge in [-0.25, -0.2) is 4.98 Å². The van der Waals surface area contributed by atoms with Crippen LogP contribution < -0.4 is 5.32 Å². The molecule has 0 saturated carbocycles. The molecule has 0 unspecified atom stereocenters. The van der Waals surface area contributed by atoms with Crippen LogP contribution in [0.4, 0.5) is 5.69 Å². The fourth-order valence-electron chi connectivity index (χ4n) is 1.59. The largest absolute Gasteiger partial charge is 0.324 e. The molecule has 1 N–H and O–H groups in total. The van der Waals surface area contributed by atoms with Gasteiger partial charge in [-0.05, 0) is 43.2 Å². The van der Waals surface area contributed by atoms with Crippen molar-refractivity contribution in [3.8, 4) is 0 Å². The molecule has 0 bridgehead atoms. The monoisotopic (exact) mass is 306 g/mol. The van der Waals surface area contributed by atoms with E-state index in [9.17, 15) is 4.79 Å². The van der Waals surface area contributed by atoms with E-state index in [1.54, 1.807) is 6.20 Å². The van der Waals surface area contributed by atoms with Crippen molar-refractivity contribution in [1.82, 2.24) is 4.98 Å². The van der Waals surface area contributed by atoms with Gasteiger partial charge >= 0.3 is 0 Å². The van der Waals surface area contributed by atoms with Gasteiger partial charge in [-0.3, -0.25) is 4.79 Å². The molecular weight excluding hydrogens is 292 g/mol. The quantitative estimate of drug-likeness (QED) is 0.865. The van der Waals surface area contributed by atoms with Crippen molar-refractivity contribution in [2.75, 3.05) is 11.1 Å². The molecule has 0 aliphatic heterocycles. The second kappa shape index (κ2) is 6.77. The summed E-state index contributed by atoms with van der Waals surface area (Å²) in [6, 6.07) is 9.43. The molecule has 2 rings (SSSR count). The van der Waals surface area contributed by atoms with E-state index in [4.69, 9.17) is 11.6 Å². The average molecular weight is 307 g/mol. The van der Waals surface area contributed by atoms with E-state index in [-0.39, 0.29) is 5.91 Å². The van der Waals surface area contributed by atoms with Crippen LogP contribution in [-0.4, -0.2) is 16.6 Å². The number of thioether (sulfide) groups is 1. The molecule has 0 saturated heterocycles. The number of nitrogens with one attached hydrogen (secondary N) is 1. The molecule has 104 valence electrons. The second-order valence-electron chi connectivity index (χ2n) is 4.49. The molecule has 0 radical (unpaired) electrons. The summed E-state index contributed by atoms with van der Waals surface area (Å²) in [4.78, 5) is 16.1. The number of amides is 1. The number of aryl methyl sites for hydroxylation is 2. The van der Waals surface area contributed by atoms with Gasteiger partial charge < -0.3 is 5.32 Å². The SMILES string of the molecule is Cc1ccc(SCC(=O)Nc2ccc(C)cc2Cl)nc1.